The highest BCUT2D eigenvalue weighted by molar-refractivity contribution is 9.13. The number of phenols is 1. The van der Waals surface area contributed by atoms with E-state index in [1.54, 1.807) is 24.3 Å². The Labute approximate surface area is 328 Å². The van der Waals surface area contributed by atoms with E-state index in [4.69, 9.17) is 16.3 Å². The largest absolute Gasteiger partial charge is 0.503 e. The number of imide groups is 2. The molecule has 6 atom stereocenters. The van der Waals surface area contributed by atoms with E-state index in [9.17, 15) is 19.5 Å². The first-order valence-electron chi connectivity index (χ1n) is 17.3. The molecule has 4 aliphatic rings. The number of aromatic hydroxyl groups is 1. The molecule has 0 aromatic heterocycles. The first-order valence-corrected chi connectivity index (χ1v) is 19.2. The van der Waals surface area contributed by atoms with Crippen molar-refractivity contribution in [2.24, 2.45) is 23.7 Å². The van der Waals surface area contributed by atoms with Gasteiger partial charge in [0.1, 0.15) is 0 Å². The number of carbonyl (C=O) groups excluding carboxylic acids is 4. The van der Waals surface area contributed by atoms with Gasteiger partial charge in [0.15, 0.2) is 11.5 Å². The molecule has 8 rings (SSSR count). The predicted octanol–water partition coefficient (Wildman–Crippen LogP) is 8.39. The highest BCUT2D eigenvalue weighted by Gasteiger charge is 2.70. The van der Waals surface area contributed by atoms with Crippen LogP contribution in [-0.2, 0) is 24.6 Å². The number of phenolic OH excluding ortho intramolecular Hbond substituents is 1. The number of nitrogens with one attached hydrogen (secondary N) is 1. The SMILES string of the molecule is COc1cc([C@H]2C3=CC[C@@H]4C(=O)N(c5ccc(C)c(Cl)c5)C(=O)[C@@H]4[C@@H]3C[C@H]3C(=O)N(Nc4ccc(C)cc4)C(=O)[C@@]23c2ccccc2)c(Br)c(Br)c1O. The number of hydrogen-bond acceptors (Lipinski definition) is 7. The average Bonchev–Trinajstić information content (AvgIpc) is 3.54. The molecule has 1 saturated carbocycles. The van der Waals surface area contributed by atoms with Crippen molar-refractivity contribution in [2.45, 2.75) is 38.0 Å². The molecule has 3 fully saturated rings. The van der Waals surface area contributed by atoms with Crippen LogP contribution in [0.15, 0.2) is 99.5 Å². The molecule has 4 aromatic carbocycles. The molecule has 53 heavy (non-hydrogen) atoms. The summed E-state index contributed by atoms with van der Waals surface area (Å²) in [4.78, 5) is 60.3. The fraction of sp³-hybridized carbons (Fsp3) is 0.268. The zero-order valence-corrected chi connectivity index (χ0v) is 32.8. The summed E-state index contributed by atoms with van der Waals surface area (Å²) in [5.41, 5.74) is 6.39. The van der Waals surface area contributed by atoms with Crippen LogP contribution in [0, 0.1) is 37.5 Å². The summed E-state index contributed by atoms with van der Waals surface area (Å²) in [6.45, 7) is 3.80. The maximum absolute atomic E-state index is 15.4. The molecule has 0 bridgehead atoms. The Morgan fingerprint density at radius 1 is 0.887 bits per heavy atom. The molecule has 2 heterocycles. The predicted molar refractivity (Wildman–Crippen MR) is 208 cm³/mol. The molecule has 4 amide bonds. The first kappa shape index (κ1) is 35.6. The van der Waals surface area contributed by atoms with Crippen LogP contribution in [0.4, 0.5) is 11.4 Å². The van der Waals surface area contributed by atoms with Gasteiger partial charge in [-0.1, -0.05) is 77.3 Å². The molecule has 9 nitrogen and oxygen atoms in total. The smallest absolute Gasteiger partial charge is 0.260 e. The van der Waals surface area contributed by atoms with Crippen LogP contribution in [0.2, 0.25) is 5.02 Å². The first-order chi connectivity index (χ1) is 25.4. The number of nitrogens with zero attached hydrogens (tertiary/aromatic N) is 2. The normalized spacial score (nSPS) is 26.3. The Hall–Kier alpha value is -4.45. The average molecular weight is 860 g/mol. The number of benzene rings is 4. The second kappa shape index (κ2) is 13.1. The van der Waals surface area contributed by atoms with Gasteiger partial charge >= 0.3 is 0 Å². The zero-order chi connectivity index (χ0) is 37.5. The van der Waals surface area contributed by atoms with Gasteiger partial charge in [-0.15, -0.1) is 0 Å². The lowest BCUT2D eigenvalue weighted by Crippen LogP contribution is -2.53. The molecule has 0 radical (unpaired) electrons. The van der Waals surface area contributed by atoms with E-state index in [1.165, 1.54) is 12.0 Å². The van der Waals surface area contributed by atoms with Crippen LogP contribution in [-0.4, -0.2) is 40.9 Å². The summed E-state index contributed by atoms with van der Waals surface area (Å²) in [7, 11) is 1.44. The monoisotopic (exact) mass is 857 g/mol. The van der Waals surface area contributed by atoms with Crippen LogP contribution in [0.25, 0.3) is 0 Å². The van der Waals surface area contributed by atoms with Crippen LogP contribution >= 0.6 is 43.5 Å². The number of amides is 4. The number of aryl methyl sites for hydroxylation is 2. The van der Waals surface area contributed by atoms with Crippen LogP contribution in [0.3, 0.4) is 0 Å². The van der Waals surface area contributed by atoms with Crippen molar-refractivity contribution in [3.8, 4) is 11.5 Å². The molecular weight excluding hydrogens is 826 g/mol. The fourth-order valence-electron chi connectivity index (χ4n) is 9.04. The summed E-state index contributed by atoms with van der Waals surface area (Å²) in [6, 6.07) is 23.5. The second-order valence-electron chi connectivity index (χ2n) is 14.2. The Balaban J connectivity index is 1.35. The molecule has 0 unspecified atom stereocenters. The van der Waals surface area contributed by atoms with Crippen molar-refractivity contribution in [2.75, 3.05) is 17.4 Å². The fourth-order valence-corrected chi connectivity index (χ4v) is 10.2. The number of allylic oxidation sites excluding steroid dienone is 2. The van der Waals surface area contributed by atoms with Gasteiger partial charge in [-0.05, 0) is 111 Å². The number of hydrazine groups is 1. The number of ether oxygens (including phenoxy) is 1. The number of hydrogen-bond donors (Lipinski definition) is 2. The van der Waals surface area contributed by atoms with Crippen molar-refractivity contribution in [1.29, 1.82) is 0 Å². The minimum absolute atomic E-state index is 0.140. The molecule has 2 aliphatic heterocycles. The van der Waals surface area contributed by atoms with E-state index in [2.05, 4.69) is 37.3 Å². The topological polar surface area (TPSA) is 116 Å². The third-order valence-corrected chi connectivity index (χ3v) is 14.1. The third-order valence-electron chi connectivity index (χ3n) is 11.5. The van der Waals surface area contributed by atoms with Crippen molar-refractivity contribution >= 4 is 78.5 Å². The lowest BCUT2D eigenvalue weighted by molar-refractivity contribution is -0.138. The van der Waals surface area contributed by atoms with Gasteiger partial charge in [-0.3, -0.25) is 24.6 Å². The van der Waals surface area contributed by atoms with Crippen molar-refractivity contribution in [1.82, 2.24) is 5.01 Å². The zero-order valence-electron chi connectivity index (χ0n) is 28.9. The highest BCUT2D eigenvalue weighted by Crippen LogP contribution is 2.65. The Bertz CT molecular complexity index is 2260. The van der Waals surface area contributed by atoms with E-state index in [1.807, 2.05) is 74.5 Å². The number of carbonyl (C=O) groups is 4. The number of halogens is 3. The molecule has 2 saturated heterocycles. The van der Waals surface area contributed by atoms with Crippen molar-refractivity contribution in [3.63, 3.8) is 0 Å². The summed E-state index contributed by atoms with van der Waals surface area (Å²) < 4.78 is 6.40. The second-order valence-corrected chi connectivity index (χ2v) is 16.2. The number of anilines is 2. The van der Waals surface area contributed by atoms with Crippen LogP contribution in [0.1, 0.15) is 41.0 Å². The van der Waals surface area contributed by atoms with Crippen molar-refractivity contribution in [3.05, 3.63) is 127 Å². The van der Waals surface area contributed by atoms with Crippen molar-refractivity contribution < 1.29 is 29.0 Å². The number of fused-ring (bicyclic) bond motifs is 4. The molecule has 0 spiro atoms. The van der Waals surface area contributed by atoms with Gasteiger partial charge in [-0.2, -0.15) is 5.01 Å². The standard InChI is InChI=1S/C41H34Br2ClN3O6/c1-20-9-12-23(13-10-20)45-47-38(50)29-18-27-25(15-16-26-32(27)39(51)46(37(26)49)24-14-11-21(2)30(44)17-24)33(28-19-31(53-3)36(48)35(43)34(28)42)41(29,40(47)52)22-7-5-4-6-8-22/h4-15,17,19,26-27,29,32-33,45,48H,16,18H2,1-3H3/t26-,27+,29-,32-,33+,41+/m0/s1. The summed E-state index contributed by atoms with van der Waals surface area (Å²) in [5, 5.41) is 12.6. The Kier molecular flexibility index (Phi) is 8.82. The Morgan fingerprint density at radius 3 is 2.28 bits per heavy atom. The van der Waals surface area contributed by atoms with E-state index < -0.39 is 46.8 Å². The van der Waals surface area contributed by atoms with Gasteiger partial charge in [0, 0.05) is 15.4 Å². The minimum atomic E-state index is -1.50. The molecule has 270 valence electrons. The maximum Gasteiger partial charge on any atom is 0.260 e. The summed E-state index contributed by atoms with van der Waals surface area (Å²) >= 11 is 13.7. The van der Waals surface area contributed by atoms with E-state index >= 15 is 4.79 Å². The van der Waals surface area contributed by atoms with Gasteiger partial charge in [0.2, 0.25) is 11.8 Å². The third kappa shape index (κ3) is 5.21. The lowest BCUT2D eigenvalue weighted by atomic mass is 9.49. The van der Waals surface area contributed by atoms with Gasteiger partial charge in [0.25, 0.3) is 11.8 Å². The molecule has 4 aromatic rings. The van der Waals surface area contributed by atoms with E-state index in [0.29, 0.717) is 36.5 Å². The number of methoxy groups -OCH3 is 1. The molecule has 2 aliphatic carbocycles. The lowest BCUT2D eigenvalue weighted by Gasteiger charge is -2.51. The minimum Gasteiger partial charge on any atom is -0.503 e. The Morgan fingerprint density at radius 2 is 1.60 bits per heavy atom. The van der Waals surface area contributed by atoms with E-state index in [-0.39, 0.29) is 36.2 Å². The van der Waals surface area contributed by atoms with Crippen LogP contribution < -0.4 is 15.1 Å². The van der Waals surface area contributed by atoms with Gasteiger partial charge in [-0.25, -0.2) is 4.90 Å². The maximum atomic E-state index is 15.4. The summed E-state index contributed by atoms with van der Waals surface area (Å²) in [5.74, 6) is -5.37. The molecule has 12 heteroatoms. The quantitative estimate of drug-likeness (QED) is 0.148. The molecular formula is C41H34Br2ClN3O6. The molecule has 2 N–H and O–H groups in total. The van der Waals surface area contributed by atoms with E-state index in [0.717, 1.165) is 21.7 Å². The highest BCUT2D eigenvalue weighted by atomic mass is 79.9. The van der Waals surface area contributed by atoms with Crippen LogP contribution in [0.5, 0.6) is 11.5 Å². The summed E-state index contributed by atoms with van der Waals surface area (Å²) in [6.07, 6.45) is 2.39. The van der Waals surface area contributed by atoms with Gasteiger partial charge < -0.3 is 9.84 Å². The van der Waals surface area contributed by atoms with Gasteiger partial charge in [0.05, 0.1) is 46.1 Å². The number of rotatable bonds is 6.